The zero-order valence-electron chi connectivity index (χ0n) is 7.60. The Morgan fingerprint density at radius 2 is 2.07 bits per heavy atom. The standard InChI is InChI=1S/C8H10N2O3S/c1-2-14(9-13-14)8-5-3-7(4-6-8)10(11)12/h3-6,9H,2H2,1H3. The molecule has 0 saturated carbocycles. The van der Waals surface area contributed by atoms with E-state index in [9.17, 15) is 10.1 Å². The van der Waals surface area contributed by atoms with Crippen LogP contribution in [0.2, 0.25) is 0 Å². The third-order valence-electron chi connectivity index (χ3n) is 2.12. The van der Waals surface area contributed by atoms with Crippen LogP contribution in [0, 0.1) is 10.1 Å². The fourth-order valence-corrected chi connectivity index (χ4v) is 2.88. The van der Waals surface area contributed by atoms with Crippen LogP contribution in [0.5, 0.6) is 0 Å². The maximum Gasteiger partial charge on any atom is 0.269 e. The van der Waals surface area contributed by atoms with Gasteiger partial charge in [0.1, 0.15) is 0 Å². The minimum Gasteiger partial charge on any atom is -0.258 e. The van der Waals surface area contributed by atoms with Gasteiger partial charge in [0.25, 0.3) is 5.69 Å². The lowest BCUT2D eigenvalue weighted by Gasteiger charge is -2.10. The molecule has 1 aromatic rings. The van der Waals surface area contributed by atoms with E-state index in [-0.39, 0.29) is 5.69 Å². The van der Waals surface area contributed by atoms with Crippen LogP contribution in [0.25, 0.3) is 0 Å². The first-order valence-electron chi connectivity index (χ1n) is 4.18. The molecule has 1 aliphatic rings. The quantitative estimate of drug-likeness (QED) is 0.475. The zero-order chi connectivity index (χ0) is 10.2. The van der Waals surface area contributed by atoms with Gasteiger partial charge in [0, 0.05) is 22.8 Å². The number of nitrogens with zero attached hydrogens (tertiary/aromatic N) is 1. The molecule has 1 aliphatic heterocycles. The van der Waals surface area contributed by atoms with Crippen LogP contribution >= 0.6 is 10.5 Å². The Bertz CT molecular complexity index is 361. The van der Waals surface area contributed by atoms with E-state index in [2.05, 4.69) is 4.89 Å². The summed E-state index contributed by atoms with van der Waals surface area (Å²) in [6.45, 7) is 2.02. The van der Waals surface area contributed by atoms with E-state index in [1.807, 2.05) is 6.92 Å². The third-order valence-corrected chi connectivity index (χ3v) is 4.54. The first-order valence-corrected chi connectivity index (χ1v) is 5.91. The molecule has 1 heterocycles. The summed E-state index contributed by atoms with van der Waals surface area (Å²) in [5.74, 6) is 0.880. The number of hydrogen-bond acceptors (Lipinski definition) is 4. The molecule has 76 valence electrons. The van der Waals surface area contributed by atoms with Crippen LogP contribution in [-0.2, 0) is 4.28 Å². The van der Waals surface area contributed by atoms with Gasteiger partial charge in [0.2, 0.25) is 0 Å². The highest BCUT2D eigenvalue weighted by Crippen LogP contribution is 2.63. The largest absolute Gasteiger partial charge is 0.269 e. The summed E-state index contributed by atoms with van der Waals surface area (Å²) in [5.41, 5.74) is 0.111. The summed E-state index contributed by atoms with van der Waals surface area (Å²) in [5, 5.41) is 10.4. The van der Waals surface area contributed by atoms with Gasteiger partial charge in [-0.05, 0) is 22.6 Å². The Morgan fingerprint density at radius 1 is 1.50 bits per heavy atom. The van der Waals surface area contributed by atoms with Crippen LogP contribution in [0.15, 0.2) is 29.2 Å². The van der Waals surface area contributed by atoms with Crippen molar-refractivity contribution in [1.29, 1.82) is 0 Å². The van der Waals surface area contributed by atoms with E-state index in [0.29, 0.717) is 0 Å². The second-order valence-electron chi connectivity index (χ2n) is 2.88. The predicted molar refractivity (Wildman–Crippen MR) is 53.7 cm³/mol. The van der Waals surface area contributed by atoms with Crippen molar-refractivity contribution in [3.8, 4) is 0 Å². The first kappa shape index (κ1) is 9.45. The summed E-state index contributed by atoms with van der Waals surface area (Å²) >= 11 is 0. The molecule has 1 unspecified atom stereocenters. The maximum absolute atomic E-state index is 10.4. The topological polar surface area (TPSA) is 77.6 Å². The minimum absolute atomic E-state index is 0.111. The maximum atomic E-state index is 10.4. The minimum atomic E-state index is -1.26. The summed E-state index contributed by atoms with van der Waals surface area (Å²) < 4.78 is 5.20. The van der Waals surface area contributed by atoms with Crippen molar-refractivity contribution in [2.24, 2.45) is 0 Å². The molecule has 1 N–H and O–H groups in total. The molecule has 0 aliphatic carbocycles. The van der Waals surface area contributed by atoms with Crippen LogP contribution in [0.1, 0.15) is 6.92 Å². The third kappa shape index (κ3) is 1.47. The number of benzene rings is 1. The van der Waals surface area contributed by atoms with Crippen LogP contribution < -0.4 is 4.89 Å². The monoisotopic (exact) mass is 214 g/mol. The Morgan fingerprint density at radius 3 is 2.43 bits per heavy atom. The Balaban J connectivity index is 2.26. The molecule has 1 atom stereocenters. The van der Waals surface area contributed by atoms with Crippen LogP contribution in [-0.4, -0.2) is 10.7 Å². The molecule has 2 rings (SSSR count). The molecule has 1 aromatic carbocycles. The van der Waals surface area contributed by atoms with Gasteiger partial charge in [-0.2, -0.15) is 0 Å². The van der Waals surface area contributed by atoms with E-state index in [4.69, 9.17) is 4.28 Å². The molecule has 6 heteroatoms. The van der Waals surface area contributed by atoms with Gasteiger partial charge in [-0.15, -0.1) is 4.89 Å². The molecule has 1 fully saturated rings. The van der Waals surface area contributed by atoms with E-state index in [1.54, 1.807) is 12.1 Å². The molecule has 1 saturated heterocycles. The molecule has 0 aromatic heterocycles. The lowest BCUT2D eigenvalue weighted by atomic mass is 10.3. The highest BCUT2D eigenvalue weighted by atomic mass is 32.3. The predicted octanol–water partition coefficient (Wildman–Crippen LogP) is 2.14. The van der Waals surface area contributed by atoms with Crippen molar-refractivity contribution in [1.82, 2.24) is 4.89 Å². The summed E-state index contributed by atoms with van der Waals surface area (Å²) in [6, 6.07) is 6.50. The summed E-state index contributed by atoms with van der Waals surface area (Å²) in [7, 11) is -1.26. The van der Waals surface area contributed by atoms with Crippen LogP contribution in [0.4, 0.5) is 5.69 Å². The normalized spacial score (nSPS) is 29.2. The van der Waals surface area contributed by atoms with Crippen molar-refractivity contribution in [3.05, 3.63) is 34.4 Å². The summed E-state index contributed by atoms with van der Waals surface area (Å²) in [6.07, 6.45) is 0. The zero-order valence-corrected chi connectivity index (χ0v) is 8.41. The van der Waals surface area contributed by atoms with Gasteiger partial charge in [-0.1, -0.05) is 6.92 Å². The number of nitrogens with one attached hydrogen (secondary N) is 1. The number of hydrogen-bond donors (Lipinski definition) is 1. The SMILES string of the molecule is CCS1(c2ccc([N+](=O)[O-])cc2)NO1. The van der Waals surface area contributed by atoms with Gasteiger partial charge in [-0.3, -0.25) is 10.1 Å². The lowest BCUT2D eigenvalue weighted by Crippen LogP contribution is -1.92. The van der Waals surface area contributed by atoms with Gasteiger partial charge in [-0.25, -0.2) is 4.28 Å². The van der Waals surface area contributed by atoms with Crippen molar-refractivity contribution in [2.45, 2.75) is 11.8 Å². The molecule has 5 nitrogen and oxygen atoms in total. The average Bonchev–Trinajstić information content (AvgIpc) is 2.99. The second kappa shape index (κ2) is 3.23. The molecule has 0 bridgehead atoms. The lowest BCUT2D eigenvalue weighted by molar-refractivity contribution is -0.384. The van der Waals surface area contributed by atoms with Crippen molar-refractivity contribution < 1.29 is 9.21 Å². The molecule has 0 radical (unpaired) electrons. The van der Waals surface area contributed by atoms with E-state index in [1.165, 1.54) is 12.1 Å². The molecule has 0 spiro atoms. The molecule has 0 amide bonds. The first-order chi connectivity index (χ1) is 6.68. The fourth-order valence-electron chi connectivity index (χ4n) is 1.21. The van der Waals surface area contributed by atoms with E-state index >= 15 is 0 Å². The van der Waals surface area contributed by atoms with Gasteiger partial charge in [0.15, 0.2) is 0 Å². The van der Waals surface area contributed by atoms with Gasteiger partial charge < -0.3 is 0 Å². The fraction of sp³-hybridized carbons (Fsp3) is 0.250. The Hall–Kier alpha value is -1.11. The average molecular weight is 214 g/mol. The highest BCUT2D eigenvalue weighted by molar-refractivity contribution is 8.32. The smallest absolute Gasteiger partial charge is 0.258 e. The van der Waals surface area contributed by atoms with Crippen molar-refractivity contribution in [3.63, 3.8) is 0 Å². The highest BCUT2D eigenvalue weighted by Gasteiger charge is 2.39. The molecule has 14 heavy (non-hydrogen) atoms. The Kier molecular flexibility index (Phi) is 2.18. The molecular formula is C8H10N2O3S. The number of rotatable bonds is 3. The van der Waals surface area contributed by atoms with E-state index in [0.717, 1.165) is 10.6 Å². The van der Waals surface area contributed by atoms with Crippen molar-refractivity contribution in [2.75, 3.05) is 5.75 Å². The summed E-state index contributed by atoms with van der Waals surface area (Å²) in [4.78, 5) is 13.9. The van der Waals surface area contributed by atoms with Crippen molar-refractivity contribution >= 4 is 16.2 Å². The van der Waals surface area contributed by atoms with Gasteiger partial charge in [0.05, 0.1) is 4.92 Å². The van der Waals surface area contributed by atoms with Gasteiger partial charge >= 0.3 is 0 Å². The number of nitro benzene ring substituents is 1. The molecular weight excluding hydrogens is 204 g/mol. The number of nitro groups is 1. The van der Waals surface area contributed by atoms with E-state index < -0.39 is 15.4 Å². The Labute approximate surface area is 82.8 Å². The second-order valence-corrected chi connectivity index (χ2v) is 5.61. The number of non-ortho nitro benzene ring substituents is 1. The van der Waals surface area contributed by atoms with Crippen LogP contribution in [0.3, 0.4) is 0 Å².